The Hall–Kier alpha value is -1.31. The first kappa shape index (κ1) is 19.7. The Morgan fingerprint density at radius 3 is 2.48 bits per heavy atom. The molecule has 1 amide bonds. The molecule has 0 radical (unpaired) electrons. The van der Waals surface area contributed by atoms with Crippen LogP contribution >= 0.6 is 11.6 Å². The third-order valence-electron chi connectivity index (χ3n) is 3.24. The van der Waals surface area contributed by atoms with Crippen molar-refractivity contribution in [2.24, 2.45) is 0 Å². The van der Waals surface area contributed by atoms with E-state index in [1.165, 1.54) is 25.1 Å². The van der Waals surface area contributed by atoms with Gasteiger partial charge in [0.2, 0.25) is 15.9 Å². The van der Waals surface area contributed by atoms with Crippen LogP contribution in [0, 0.1) is 0 Å². The largest absolute Gasteiger partial charge is 0.492 e. The summed E-state index contributed by atoms with van der Waals surface area (Å²) in [5.74, 6) is 0.0376. The van der Waals surface area contributed by atoms with Crippen molar-refractivity contribution in [1.29, 1.82) is 0 Å². The molecule has 0 aliphatic carbocycles. The molecule has 0 saturated carbocycles. The fourth-order valence-corrected chi connectivity index (χ4v) is 3.27. The van der Waals surface area contributed by atoms with Crippen molar-refractivity contribution < 1.29 is 17.9 Å². The number of halogens is 1. The van der Waals surface area contributed by atoms with Gasteiger partial charge in [0.05, 0.1) is 22.6 Å². The third-order valence-corrected chi connectivity index (χ3v) is 5.07. The van der Waals surface area contributed by atoms with Crippen molar-refractivity contribution in [1.82, 2.24) is 10.0 Å². The Morgan fingerprint density at radius 2 is 1.96 bits per heavy atom. The van der Waals surface area contributed by atoms with E-state index in [0.717, 1.165) is 6.42 Å². The Bertz CT molecular complexity index is 649. The van der Waals surface area contributed by atoms with Crippen molar-refractivity contribution in [3.05, 3.63) is 23.2 Å². The molecule has 0 aromatic heterocycles. The summed E-state index contributed by atoms with van der Waals surface area (Å²) < 4.78 is 32.3. The van der Waals surface area contributed by atoms with Crippen LogP contribution in [0.4, 0.5) is 0 Å². The highest BCUT2D eigenvalue weighted by Crippen LogP contribution is 2.27. The van der Waals surface area contributed by atoms with Crippen LogP contribution in [0.15, 0.2) is 23.1 Å². The topological polar surface area (TPSA) is 84.5 Å². The van der Waals surface area contributed by atoms with Gasteiger partial charge in [-0.25, -0.2) is 8.42 Å². The molecule has 130 valence electrons. The lowest BCUT2D eigenvalue weighted by Crippen LogP contribution is -2.47. The molecule has 2 N–H and O–H groups in total. The molecule has 0 aliphatic heterocycles. The van der Waals surface area contributed by atoms with Crippen molar-refractivity contribution >= 4 is 27.5 Å². The first-order valence-electron chi connectivity index (χ1n) is 7.46. The van der Waals surface area contributed by atoms with Crippen LogP contribution in [0.2, 0.25) is 5.02 Å². The van der Waals surface area contributed by atoms with E-state index in [1.807, 2.05) is 13.8 Å². The van der Waals surface area contributed by atoms with Crippen LogP contribution in [-0.2, 0) is 14.8 Å². The zero-order valence-corrected chi connectivity index (χ0v) is 15.3. The molecule has 0 fully saturated rings. The molecule has 0 spiro atoms. The summed E-state index contributed by atoms with van der Waals surface area (Å²) in [6.07, 6.45) is 0.764. The minimum atomic E-state index is -3.85. The van der Waals surface area contributed by atoms with Gasteiger partial charge in [0.1, 0.15) is 5.75 Å². The maximum atomic E-state index is 12.3. The maximum absolute atomic E-state index is 12.3. The monoisotopic (exact) mass is 362 g/mol. The highest BCUT2D eigenvalue weighted by molar-refractivity contribution is 7.89. The molecule has 23 heavy (non-hydrogen) atoms. The first-order chi connectivity index (χ1) is 10.7. The summed E-state index contributed by atoms with van der Waals surface area (Å²) in [7, 11) is -3.85. The van der Waals surface area contributed by atoms with Crippen LogP contribution in [0.5, 0.6) is 5.75 Å². The number of amides is 1. The molecule has 1 aromatic rings. The second-order valence-corrected chi connectivity index (χ2v) is 7.31. The lowest BCUT2D eigenvalue weighted by Gasteiger charge is -2.17. The van der Waals surface area contributed by atoms with Crippen LogP contribution in [0.25, 0.3) is 0 Å². The number of carbonyl (C=O) groups excluding carboxylic acids is 1. The standard InChI is InChI=1S/C15H23ClN2O4S/c1-5-10(3)17-15(19)11(4)18-23(20,21)12-7-8-14(22-6-2)13(16)9-12/h7-11,18H,5-6H2,1-4H3,(H,17,19)/t10-,11+/m0/s1. The quantitative estimate of drug-likeness (QED) is 0.743. The fourth-order valence-electron chi connectivity index (χ4n) is 1.75. The predicted octanol–water partition coefficient (Wildman–Crippen LogP) is 2.32. The van der Waals surface area contributed by atoms with Crippen molar-refractivity contribution in [2.45, 2.75) is 51.1 Å². The smallest absolute Gasteiger partial charge is 0.241 e. The highest BCUT2D eigenvalue weighted by Gasteiger charge is 2.23. The van der Waals surface area contributed by atoms with Gasteiger partial charge in [0.15, 0.2) is 0 Å². The lowest BCUT2D eigenvalue weighted by molar-refractivity contribution is -0.122. The van der Waals surface area contributed by atoms with E-state index in [1.54, 1.807) is 6.92 Å². The number of sulfonamides is 1. The van der Waals surface area contributed by atoms with Crippen LogP contribution in [0.3, 0.4) is 0 Å². The zero-order chi connectivity index (χ0) is 17.6. The Balaban J connectivity index is 2.86. The van der Waals surface area contributed by atoms with Crippen LogP contribution < -0.4 is 14.8 Å². The number of hydrogen-bond donors (Lipinski definition) is 2. The molecule has 0 saturated heterocycles. The fraction of sp³-hybridized carbons (Fsp3) is 0.533. The second-order valence-electron chi connectivity index (χ2n) is 5.19. The molecule has 0 unspecified atom stereocenters. The number of rotatable bonds is 8. The average Bonchev–Trinajstić information content (AvgIpc) is 2.48. The number of benzene rings is 1. The van der Waals surface area contributed by atoms with Gasteiger partial charge >= 0.3 is 0 Å². The molecule has 8 heteroatoms. The van der Waals surface area contributed by atoms with E-state index in [0.29, 0.717) is 12.4 Å². The van der Waals surface area contributed by atoms with Crippen LogP contribution in [0.1, 0.15) is 34.1 Å². The summed E-state index contributed by atoms with van der Waals surface area (Å²) in [5, 5.41) is 2.93. The van der Waals surface area contributed by atoms with Crippen molar-refractivity contribution in [2.75, 3.05) is 6.61 Å². The second kappa shape index (κ2) is 8.52. The highest BCUT2D eigenvalue weighted by atomic mass is 35.5. The van der Waals surface area contributed by atoms with Gasteiger partial charge in [0, 0.05) is 6.04 Å². The molecular weight excluding hydrogens is 340 g/mol. The van der Waals surface area contributed by atoms with E-state index >= 15 is 0 Å². The first-order valence-corrected chi connectivity index (χ1v) is 9.32. The van der Waals surface area contributed by atoms with Gasteiger partial charge in [-0.15, -0.1) is 0 Å². The van der Waals surface area contributed by atoms with E-state index in [-0.39, 0.29) is 21.9 Å². The molecule has 0 aliphatic rings. The average molecular weight is 363 g/mol. The van der Waals surface area contributed by atoms with E-state index in [9.17, 15) is 13.2 Å². The summed E-state index contributed by atoms with van der Waals surface area (Å²) in [4.78, 5) is 11.9. The molecule has 0 heterocycles. The van der Waals surface area contributed by atoms with Gasteiger partial charge in [-0.2, -0.15) is 4.72 Å². The Kier molecular flexibility index (Phi) is 7.31. The van der Waals surface area contributed by atoms with Crippen molar-refractivity contribution in [3.63, 3.8) is 0 Å². The van der Waals surface area contributed by atoms with E-state index < -0.39 is 16.1 Å². The van der Waals surface area contributed by atoms with E-state index in [4.69, 9.17) is 16.3 Å². The molecule has 1 rings (SSSR count). The molecule has 6 nitrogen and oxygen atoms in total. The maximum Gasteiger partial charge on any atom is 0.241 e. The third kappa shape index (κ3) is 5.67. The summed E-state index contributed by atoms with van der Waals surface area (Å²) >= 11 is 6.00. The summed E-state index contributed by atoms with van der Waals surface area (Å²) in [6, 6.07) is 3.27. The summed E-state index contributed by atoms with van der Waals surface area (Å²) in [5.41, 5.74) is 0. The molecule has 2 atom stereocenters. The lowest BCUT2D eigenvalue weighted by atomic mass is 10.2. The number of hydrogen-bond acceptors (Lipinski definition) is 4. The summed E-state index contributed by atoms with van der Waals surface area (Å²) in [6.45, 7) is 7.51. The van der Waals surface area contributed by atoms with Crippen molar-refractivity contribution in [3.8, 4) is 5.75 Å². The minimum Gasteiger partial charge on any atom is -0.492 e. The van der Waals surface area contributed by atoms with E-state index in [2.05, 4.69) is 10.0 Å². The van der Waals surface area contributed by atoms with Crippen LogP contribution in [-0.4, -0.2) is 33.0 Å². The van der Waals surface area contributed by atoms with Gasteiger partial charge in [-0.3, -0.25) is 4.79 Å². The number of ether oxygens (including phenoxy) is 1. The molecular formula is C15H23ClN2O4S. The Labute approximate surface area is 142 Å². The normalized spacial score (nSPS) is 14.1. The molecule has 0 bridgehead atoms. The number of carbonyl (C=O) groups is 1. The SMILES string of the molecule is CCOc1ccc(S(=O)(=O)N[C@H](C)C(=O)N[C@@H](C)CC)cc1Cl. The zero-order valence-electron chi connectivity index (χ0n) is 13.7. The van der Waals surface area contributed by atoms with Gasteiger partial charge in [-0.1, -0.05) is 18.5 Å². The predicted molar refractivity (Wildman–Crippen MR) is 90.3 cm³/mol. The number of nitrogens with one attached hydrogen (secondary N) is 2. The van der Waals surface area contributed by atoms with Gasteiger partial charge < -0.3 is 10.1 Å². The molecule has 1 aromatic carbocycles. The van der Waals surface area contributed by atoms with Gasteiger partial charge in [-0.05, 0) is 45.4 Å². The minimum absolute atomic E-state index is 0.0191. The van der Waals surface area contributed by atoms with Gasteiger partial charge in [0.25, 0.3) is 0 Å². The Morgan fingerprint density at radius 1 is 1.30 bits per heavy atom.